The summed E-state index contributed by atoms with van der Waals surface area (Å²) in [5, 5.41) is 3.55. The molecule has 28 heavy (non-hydrogen) atoms. The topological polar surface area (TPSA) is 61.9 Å². The Hall–Kier alpha value is -2.73. The number of carbonyl (C=O) groups excluding carboxylic acids is 2. The molecule has 1 saturated heterocycles. The first kappa shape index (κ1) is 20.0. The fourth-order valence-electron chi connectivity index (χ4n) is 3.04. The molecule has 0 radical (unpaired) electrons. The van der Waals surface area contributed by atoms with Crippen molar-refractivity contribution in [2.45, 2.75) is 6.92 Å². The van der Waals surface area contributed by atoms with Gasteiger partial charge in [-0.2, -0.15) is 0 Å². The Labute approximate surface area is 170 Å². The number of amides is 2. The van der Waals surface area contributed by atoms with Gasteiger partial charge in [-0.25, -0.2) is 4.79 Å². The SMILES string of the molecule is CC(=O)c1ccc(N2CCN(C(=O)NCCOc3ccc(Cl)cc3)CC2)cc1. The summed E-state index contributed by atoms with van der Waals surface area (Å²) in [7, 11) is 0. The molecule has 1 aliphatic rings. The predicted molar refractivity (Wildman–Crippen MR) is 111 cm³/mol. The highest BCUT2D eigenvalue weighted by Crippen LogP contribution is 2.18. The van der Waals surface area contributed by atoms with Gasteiger partial charge in [0.2, 0.25) is 0 Å². The summed E-state index contributed by atoms with van der Waals surface area (Å²) in [5.74, 6) is 0.788. The lowest BCUT2D eigenvalue weighted by molar-refractivity contribution is 0.101. The maximum atomic E-state index is 12.3. The molecule has 3 rings (SSSR count). The summed E-state index contributed by atoms with van der Waals surface area (Å²) in [6.45, 7) is 5.22. The van der Waals surface area contributed by atoms with E-state index in [0.717, 1.165) is 24.5 Å². The maximum absolute atomic E-state index is 12.3. The summed E-state index contributed by atoms with van der Waals surface area (Å²) in [6.07, 6.45) is 0. The molecule has 1 fully saturated rings. The van der Waals surface area contributed by atoms with Gasteiger partial charge in [0.25, 0.3) is 0 Å². The molecular weight excluding hydrogens is 378 g/mol. The van der Waals surface area contributed by atoms with Crippen LogP contribution in [0, 0.1) is 0 Å². The van der Waals surface area contributed by atoms with E-state index in [9.17, 15) is 9.59 Å². The van der Waals surface area contributed by atoms with Crippen LogP contribution in [0.5, 0.6) is 5.75 Å². The molecule has 0 aliphatic carbocycles. The third-order valence-electron chi connectivity index (χ3n) is 4.67. The van der Waals surface area contributed by atoms with Crippen molar-refractivity contribution in [2.75, 3.05) is 44.2 Å². The molecule has 0 saturated carbocycles. The van der Waals surface area contributed by atoms with Gasteiger partial charge in [0.05, 0.1) is 6.54 Å². The quantitative estimate of drug-likeness (QED) is 0.594. The number of halogens is 1. The average molecular weight is 402 g/mol. The van der Waals surface area contributed by atoms with Gasteiger partial charge >= 0.3 is 6.03 Å². The van der Waals surface area contributed by atoms with Gasteiger partial charge in [-0.1, -0.05) is 11.6 Å². The van der Waals surface area contributed by atoms with Crippen molar-refractivity contribution < 1.29 is 14.3 Å². The standard InChI is InChI=1S/C21H24ClN3O3/c1-16(26)17-2-6-19(7-3-17)24-11-13-25(14-12-24)21(27)23-10-15-28-20-8-4-18(22)5-9-20/h2-9H,10-15H2,1H3,(H,23,27). The zero-order valence-corrected chi connectivity index (χ0v) is 16.6. The number of rotatable bonds is 6. The molecule has 2 aromatic rings. The number of Topliss-reactive ketones (excluding diaryl/α,β-unsaturated/α-hetero) is 1. The van der Waals surface area contributed by atoms with Crippen molar-refractivity contribution in [3.63, 3.8) is 0 Å². The van der Waals surface area contributed by atoms with E-state index in [1.165, 1.54) is 0 Å². The number of nitrogens with zero attached hydrogens (tertiary/aromatic N) is 2. The molecule has 0 bridgehead atoms. The van der Waals surface area contributed by atoms with Crippen LogP contribution in [0.1, 0.15) is 17.3 Å². The van der Waals surface area contributed by atoms with Crippen LogP contribution in [0.15, 0.2) is 48.5 Å². The molecule has 1 aliphatic heterocycles. The second-order valence-corrected chi connectivity index (χ2v) is 7.05. The number of hydrogen-bond donors (Lipinski definition) is 1. The van der Waals surface area contributed by atoms with Crippen LogP contribution < -0.4 is 15.0 Å². The Morgan fingerprint density at radius 3 is 2.25 bits per heavy atom. The zero-order valence-electron chi connectivity index (χ0n) is 15.9. The number of ketones is 1. The number of piperazine rings is 1. The molecule has 2 aromatic carbocycles. The Bertz CT molecular complexity index is 801. The molecule has 1 heterocycles. The lowest BCUT2D eigenvalue weighted by Gasteiger charge is -2.36. The van der Waals surface area contributed by atoms with Gasteiger partial charge in [-0.15, -0.1) is 0 Å². The molecule has 0 unspecified atom stereocenters. The normalized spacial score (nSPS) is 13.9. The van der Waals surface area contributed by atoms with Crippen LogP contribution in [0.4, 0.5) is 10.5 Å². The number of benzene rings is 2. The molecule has 0 aromatic heterocycles. The second kappa shape index (κ2) is 9.46. The third kappa shape index (κ3) is 5.39. The number of anilines is 1. The molecule has 6 nitrogen and oxygen atoms in total. The van der Waals surface area contributed by atoms with Gasteiger partial charge in [0.1, 0.15) is 12.4 Å². The minimum absolute atomic E-state index is 0.0630. The maximum Gasteiger partial charge on any atom is 0.317 e. The van der Waals surface area contributed by atoms with Gasteiger partial charge in [0.15, 0.2) is 5.78 Å². The molecule has 148 valence electrons. The minimum Gasteiger partial charge on any atom is -0.492 e. The summed E-state index contributed by atoms with van der Waals surface area (Å²) >= 11 is 5.83. The van der Waals surface area contributed by atoms with E-state index < -0.39 is 0 Å². The first-order valence-electron chi connectivity index (χ1n) is 9.30. The average Bonchev–Trinajstić information content (AvgIpc) is 2.72. The number of hydrogen-bond acceptors (Lipinski definition) is 4. The highest BCUT2D eigenvalue weighted by atomic mass is 35.5. The largest absolute Gasteiger partial charge is 0.492 e. The fourth-order valence-corrected chi connectivity index (χ4v) is 3.17. The monoisotopic (exact) mass is 401 g/mol. The van der Waals surface area contributed by atoms with Crippen LogP contribution >= 0.6 is 11.6 Å². The van der Waals surface area contributed by atoms with Crippen molar-refractivity contribution in [3.05, 3.63) is 59.1 Å². The van der Waals surface area contributed by atoms with Crippen LogP contribution in [0.25, 0.3) is 0 Å². The Kier molecular flexibility index (Phi) is 6.76. The summed E-state index contributed by atoms with van der Waals surface area (Å²) in [4.78, 5) is 27.7. The third-order valence-corrected chi connectivity index (χ3v) is 4.92. The van der Waals surface area contributed by atoms with Crippen LogP contribution in [-0.2, 0) is 0 Å². The van der Waals surface area contributed by atoms with E-state index >= 15 is 0 Å². The van der Waals surface area contributed by atoms with Gasteiger partial charge in [-0.05, 0) is 55.5 Å². The molecule has 0 spiro atoms. The van der Waals surface area contributed by atoms with Crippen LogP contribution in [-0.4, -0.2) is 56.0 Å². The van der Waals surface area contributed by atoms with Gasteiger partial charge in [0, 0.05) is 42.5 Å². The number of carbonyl (C=O) groups is 2. The smallest absolute Gasteiger partial charge is 0.317 e. The molecule has 0 atom stereocenters. The van der Waals surface area contributed by atoms with Crippen molar-refractivity contribution in [1.82, 2.24) is 10.2 Å². The Balaban J connectivity index is 1.38. The zero-order chi connectivity index (χ0) is 19.9. The fraction of sp³-hybridized carbons (Fsp3) is 0.333. The van der Waals surface area contributed by atoms with Crippen LogP contribution in [0.2, 0.25) is 5.02 Å². The summed E-state index contributed by atoms with van der Waals surface area (Å²) in [6, 6.07) is 14.7. The molecule has 1 N–H and O–H groups in total. The molecule has 2 amide bonds. The van der Waals surface area contributed by atoms with E-state index in [1.54, 1.807) is 31.2 Å². The van der Waals surface area contributed by atoms with E-state index in [0.29, 0.717) is 36.8 Å². The highest BCUT2D eigenvalue weighted by molar-refractivity contribution is 6.30. The lowest BCUT2D eigenvalue weighted by Crippen LogP contribution is -2.52. The Morgan fingerprint density at radius 1 is 1.00 bits per heavy atom. The minimum atomic E-state index is -0.0775. The van der Waals surface area contributed by atoms with Gasteiger partial charge < -0.3 is 19.9 Å². The number of nitrogens with one attached hydrogen (secondary N) is 1. The summed E-state index contributed by atoms with van der Waals surface area (Å²) in [5.41, 5.74) is 1.78. The lowest BCUT2D eigenvalue weighted by atomic mass is 10.1. The number of ether oxygens (including phenoxy) is 1. The molecule has 7 heteroatoms. The highest BCUT2D eigenvalue weighted by Gasteiger charge is 2.21. The summed E-state index contributed by atoms with van der Waals surface area (Å²) < 4.78 is 5.58. The first-order valence-corrected chi connectivity index (χ1v) is 9.68. The first-order chi connectivity index (χ1) is 13.5. The second-order valence-electron chi connectivity index (χ2n) is 6.61. The van der Waals surface area contributed by atoms with Crippen LogP contribution in [0.3, 0.4) is 0 Å². The Morgan fingerprint density at radius 2 is 1.64 bits per heavy atom. The van der Waals surface area contributed by atoms with E-state index in [-0.39, 0.29) is 11.8 Å². The van der Waals surface area contributed by atoms with Crippen molar-refractivity contribution in [3.8, 4) is 5.75 Å². The van der Waals surface area contributed by atoms with E-state index in [2.05, 4.69) is 10.2 Å². The molecular formula is C21H24ClN3O3. The van der Waals surface area contributed by atoms with Crippen molar-refractivity contribution in [2.24, 2.45) is 0 Å². The van der Waals surface area contributed by atoms with Crippen molar-refractivity contribution in [1.29, 1.82) is 0 Å². The van der Waals surface area contributed by atoms with Crippen molar-refractivity contribution >= 4 is 29.1 Å². The van der Waals surface area contributed by atoms with E-state index in [4.69, 9.17) is 16.3 Å². The van der Waals surface area contributed by atoms with E-state index in [1.807, 2.05) is 29.2 Å². The predicted octanol–water partition coefficient (Wildman–Crippen LogP) is 3.45. The van der Waals surface area contributed by atoms with Gasteiger partial charge in [-0.3, -0.25) is 4.79 Å². The number of urea groups is 1.